The SMILES string of the molecule is CC(C)c1ccccc1NC(=O)C1CC1C(=O)NCc1ccco1. The summed E-state index contributed by atoms with van der Waals surface area (Å²) in [6.07, 6.45) is 2.17. The first-order chi connectivity index (χ1) is 11.6. The van der Waals surface area contributed by atoms with Gasteiger partial charge in [-0.3, -0.25) is 9.59 Å². The number of nitrogens with one attached hydrogen (secondary N) is 2. The number of para-hydroxylation sites is 1. The summed E-state index contributed by atoms with van der Waals surface area (Å²) in [4.78, 5) is 24.5. The van der Waals surface area contributed by atoms with E-state index in [1.807, 2.05) is 24.3 Å². The molecule has 1 aromatic carbocycles. The summed E-state index contributed by atoms with van der Waals surface area (Å²) in [6, 6.07) is 11.4. The molecule has 0 bridgehead atoms. The first-order valence-corrected chi connectivity index (χ1v) is 8.26. The molecule has 1 saturated carbocycles. The lowest BCUT2D eigenvalue weighted by molar-refractivity contribution is -0.125. The first kappa shape index (κ1) is 16.3. The summed E-state index contributed by atoms with van der Waals surface area (Å²) in [5.41, 5.74) is 1.93. The Morgan fingerprint density at radius 2 is 1.88 bits per heavy atom. The zero-order valence-electron chi connectivity index (χ0n) is 13.9. The second-order valence-electron chi connectivity index (χ2n) is 6.48. The van der Waals surface area contributed by atoms with Crippen molar-refractivity contribution in [3.05, 3.63) is 54.0 Å². The zero-order chi connectivity index (χ0) is 17.1. The average molecular weight is 326 g/mol. The Hall–Kier alpha value is -2.56. The largest absolute Gasteiger partial charge is 0.467 e. The molecular weight excluding hydrogens is 304 g/mol. The molecule has 1 heterocycles. The van der Waals surface area contributed by atoms with Gasteiger partial charge in [0, 0.05) is 5.69 Å². The fraction of sp³-hybridized carbons (Fsp3) is 0.368. The van der Waals surface area contributed by atoms with E-state index >= 15 is 0 Å². The summed E-state index contributed by atoms with van der Waals surface area (Å²) in [5, 5.41) is 5.78. The van der Waals surface area contributed by atoms with E-state index in [9.17, 15) is 9.59 Å². The maximum atomic E-state index is 12.4. The minimum atomic E-state index is -0.248. The number of rotatable bonds is 6. The molecule has 5 nitrogen and oxygen atoms in total. The Labute approximate surface area is 141 Å². The van der Waals surface area contributed by atoms with Crippen LogP contribution in [0.25, 0.3) is 0 Å². The number of carbonyl (C=O) groups excluding carboxylic acids is 2. The molecule has 1 aromatic heterocycles. The lowest BCUT2D eigenvalue weighted by Crippen LogP contribution is -2.27. The van der Waals surface area contributed by atoms with Crippen molar-refractivity contribution in [3.63, 3.8) is 0 Å². The van der Waals surface area contributed by atoms with Crippen LogP contribution in [-0.4, -0.2) is 11.8 Å². The molecule has 5 heteroatoms. The summed E-state index contributed by atoms with van der Waals surface area (Å²) < 4.78 is 5.18. The molecule has 2 aromatic rings. The van der Waals surface area contributed by atoms with Gasteiger partial charge >= 0.3 is 0 Å². The molecular formula is C19H22N2O3. The van der Waals surface area contributed by atoms with Gasteiger partial charge in [0.15, 0.2) is 0 Å². The lowest BCUT2D eigenvalue weighted by Gasteiger charge is -2.13. The van der Waals surface area contributed by atoms with Crippen LogP contribution in [0.4, 0.5) is 5.69 Å². The Morgan fingerprint density at radius 1 is 1.12 bits per heavy atom. The molecule has 1 fully saturated rings. The van der Waals surface area contributed by atoms with Gasteiger partial charge in [0.25, 0.3) is 0 Å². The molecule has 1 aliphatic rings. The van der Waals surface area contributed by atoms with Crippen LogP contribution in [0, 0.1) is 11.8 Å². The molecule has 1 aliphatic carbocycles. The fourth-order valence-corrected chi connectivity index (χ4v) is 2.83. The van der Waals surface area contributed by atoms with E-state index in [0.717, 1.165) is 11.3 Å². The molecule has 3 rings (SSSR count). The minimum absolute atomic E-state index is 0.0822. The molecule has 2 atom stereocenters. The van der Waals surface area contributed by atoms with Gasteiger partial charge in [-0.05, 0) is 36.1 Å². The van der Waals surface area contributed by atoms with Gasteiger partial charge < -0.3 is 15.1 Å². The number of furan rings is 1. The highest BCUT2D eigenvalue weighted by Gasteiger charge is 2.48. The van der Waals surface area contributed by atoms with Gasteiger partial charge in [0.2, 0.25) is 11.8 Å². The van der Waals surface area contributed by atoms with Crippen LogP contribution < -0.4 is 10.6 Å². The van der Waals surface area contributed by atoms with Gasteiger partial charge in [0.05, 0.1) is 24.6 Å². The topological polar surface area (TPSA) is 71.3 Å². The smallest absolute Gasteiger partial charge is 0.228 e. The lowest BCUT2D eigenvalue weighted by atomic mass is 10.0. The van der Waals surface area contributed by atoms with E-state index in [-0.39, 0.29) is 23.7 Å². The number of hydrogen-bond acceptors (Lipinski definition) is 3. The molecule has 0 aliphatic heterocycles. The van der Waals surface area contributed by atoms with Crippen LogP contribution in [0.5, 0.6) is 0 Å². The molecule has 0 spiro atoms. The Bertz CT molecular complexity index is 722. The van der Waals surface area contributed by atoms with Crippen LogP contribution in [-0.2, 0) is 16.1 Å². The number of benzene rings is 1. The van der Waals surface area contributed by atoms with Crippen molar-refractivity contribution < 1.29 is 14.0 Å². The Morgan fingerprint density at radius 3 is 2.58 bits per heavy atom. The van der Waals surface area contributed by atoms with E-state index in [1.54, 1.807) is 18.4 Å². The van der Waals surface area contributed by atoms with Gasteiger partial charge in [0.1, 0.15) is 5.76 Å². The molecule has 126 valence electrons. The zero-order valence-corrected chi connectivity index (χ0v) is 13.9. The number of hydrogen-bond donors (Lipinski definition) is 2. The van der Waals surface area contributed by atoms with E-state index in [1.165, 1.54) is 0 Å². The summed E-state index contributed by atoms with van der Waals surface area (Å²) >= 11 is 0. The van der Waals surface area contributed by atoms with E-state index < -0.39 is 0 Å². The van der Waals surface area contributed by atoms with E-state index in [2.05, 4.69) is 24.5 Å². The van der Waals surface area contributed by atoms with Crippen LogP contribution in [0.2, 0.25) is 0 Å². The average Bonchev–Trinajstić information content (AvgIpc) is 3.21. The second kappa shape index (κ2) is 6.91. The van der Waals surface area contributed by atoms with Crippen molar-refractivity contribution >= 4 is 17.5 Å². The van der Waals surface area contributed by atoms with Crippen molar-refractivity contribution in [1.29, 1.82) is 0 Å². The Kier molecular flexibility index (Phi) is 4.69. The standard InChI is InChI=1S/C19H22N2O3/c1-12(2)14-7-3-4-8-17(14)21-19(23)16-10-15(16)18(22)20-11-13-6-5-9-24-13/h3-9,12,15-16H,10-11H2,1-2H3,(H,20,22)(H,21,23). The third-order valence-electron chi connectivity index (χ3n) is 4.32. The number of amides is 2. The summed E-state index contributed by atoms with van der Waals surface area (Å²) in [6.45, 7) is 4.53. The van der Waals surface area contributed by atoms with Crippen molar-refractivity contribution in [2.24, 2.45) is 11.8 Å². The first-order valence-electron chi connectivity index (χ1n) is 8.26. The van der Waals surface area contributed by atoms with E-state index in [4.69, 9.17) is 4.42 Å². The number of anilines is 1. The fourth-order valence-electron chi connectivity index (χ4n) is 2.83. The molecule has 2 amide bonds. The van der Waals surface area contributed by atoms with E-state index in [0.29, 0.717) is 24.6 Å². The molecule has 24 heavy (non-hydrogen) atoms. The quantitative estimate of drug-likeness (QED) is 0.855. The maximum Gasteiger partial charge on any atom is 0.228 e. The summed E-state index contributed by atoms with van der Waals surface area (Å²) in [7, 11) is 0. The van der Waals surface area contributed by atoms with Crippen molar-refractivity contribution in [2.45, 2.75) is 32.7 Å². The van der Waals surface area contributed by atoms with Crippen molar-refractivity contribution in [1.82, 2.24) is 5.32 Å². The summed E-state index contributed by atoms with van der Waals surface area (Å²) in [5.74, 6) is 0.363. The van der Waals surface area contributed by atoms with Crippen LogP contribution in [0.1, 0.15) is 37.5 Å². The number of carbonyl (C=O) groups is 2. The molecule has 0 radical (unpaired) electrons. The Balaban J connectivity index is 1.53. The highest BCUT2D eigenvalue weighted by atomic mass is 16.3. The minimum Gasteiger partial charge on any atom is -0.467 e. The molecule has 2 unspecified atom stereocenters. The van der Waals surface area contributed by atoms with Crippen molar-refractivity contribution in [2.75, 3.05) is 5.32 Å². The molecule has 2 N–H and O–H groups in total. The maximum absolute atomic E-state index is 12.4. The van der Waals surface area contributed by atoms with Crippen LogP contribution in [0.3, 0.4) is 0 Å². The van der Waals surface area contributed by atoms with Crippen LogP contribution in [0.15, 0.2) is 47.1 Å². The van der Waals surface area contributed by atoms with Crippen molar-refractivity contribution in [3.8, 4) is 0 Å². The second-order valence-corrected chi connectivity index (χ2v) is 6.48. The molecule has 0 saturated heterocycles. The van der Waals surface area contributed by atoms with Crippen LogP contribution >= 0.6 is 0 Å². The highest BCUT2D eigenvalue weighted by molar-refractivity contribution is 5.99. The third-order valence-corrected chi connectivity index (χ3v) is 4.32. The monoisotopic (exact) mass is 326 g/mol. The predicted octanol–water partition coefficient (Wildman–Crippen LogP) is 3.29. The van der Waals surface area contributed by atoms with Gasteiger partial charge in [-0.2, -0.15) is 0 Å². The van der Waals surface area contributed by atoms with Gasteiger partial charge in [-0.25, -0.2) is 0 Å². The highest BCUT2D eigenvalue weighted by Crippen LogP contribution is 2.40. The van der Waals surface area contributed by atoms with Gasteiger partial charge in [-0.1, -0.05) is 32.0 Å². The van der Waals surface area contributed by atoms with Gasteiger partial charge in [-0.15, -0.1) is 0 Å². The normalized spacial score (nSPS) is 19.1. The predicted molar refractivity (Wildman–Crippen MR) is 91.3 cm³/mol. The third kappa shape index (κ3) is 3.67.